The van der Waals surface area contributed by atoms with Crippen LogP contribution in [-0.4, -0.2) is 20.2 Å². The second-order valence-corrected chi connectivity index (χ2v) is 5.81. The maximum absolute atomic E-state index is 4.52. The van der Waals surface area contributed by atoms with Gasteiger partial charge in [0.2, 0.25) is 5.95 Å². The maximum Gasteiger partial charge on any atom is 0.249 e. The Labute approximate surface area is 151 Å². The summed E-state index contributed by atoms with van der Waals surface area (Å²) in [5.41, 5.74) is 3.96. The molecule has 0 aliphatic carbocycles. The van der Waals surface area contributed by atoms with Crippen molar-refractivity contribution < 1.29 is 0 Å². The second-order valence-electron chi connectivity index (χ2n) is 5.81. The molecule has 0 aliphatic rings. The predicted octanol–water partition coefficient (Wildman–Crippen LogP) is 4.47. The molecule has 0 saturated carbocycles. The molecule has 4 rings (SSSR count). The third-order valence-corrected chi connectivity index (χ3v) is 4.10. The molecule has 26 heavy (non-hydrogen) atoms. The largest absolute Gasteiger partial charge is 0.339 e. The minimum absolute atomic E-state index is 0.419. The Morgan fingerprint density at radius 1 is 0.885 bits per heavy atom. The van der Waals surface area contributed by atoms with E-state index in [0.29, 0.717) is 11.8 Å². The van der Waals surface area contributed by atoms with Crippen molar-refractivity contribution in [3.05, 3.63) is 72.6 Å². The number of nitrogens with zero attached hydrogens (tertiary/aromatic N) is 4. The van der Waals surface area contributed by atoms with Crippen molar-refractivity contribution in [3.8, 4) is 0 Å². The van der Waals surface area contributed by atoms with Crippen molar-refractivity contribution in [3.63, 3.8) is 0 Å². The van der Waals surface area contributed by atoms with E-state index in [2.05, 4.69) is 43.8 Å². The van der Waals surface area contributed by atoms with Gasteiger partial charge in [-0.25, -0.2) is 0 Å². The van der Waals surface area contributed by atoms with Crippen molar-refractivity contribution in [2.45, 2.75) is 13.3 Å². The molecule has 2 N–H and O–H groups in total. The Morgan fingerprint density at radius 3 is 2.65 bits per heavy atom. The molecule has 0 amide bonds. The number of rotatable bonds is 5. The second kappa shape index (κ2) is 7.14. The molecule has 0 atom stereocenters. The van der Waals surface area contributed by atoms with Crippen molar-refractivity contribution >= 4 is 34.0 Å². The number of para-hydroxylation sites is 2. The minimum Gasteiger partial charge on any atom is -0.339 e. The third-order valence-electron chi connectivity index (χ3n) is 4.10. The van der Waals surface area contributed by atoms with Crippen LogP contribution >= 0.6 is 0 Å². The van der Waals surface area contributed by atoms with E-state index >= 15 is 0 Å². The zero-order valence-electron chi connectivity index (χ0n) is 14.3. The van der Waals surface area contributed by atoms with Crippen LogP contribution in [0.2, 0.25) is 0 Å². The van der Waals surface area contributed by atoms with Gasteiger partial charge in [0.15, 0.2) is 5.82 Å². The number of pyridine rings is 1. The van der Waals surface area contributed by atoms with Gasteiger partial charge in [-0.2, -0.15) is 10.1 Å². The van der Waals surface area contributed by atoms with Crippen LogP contribution in [0, 0.1) is 0 Å². The average molecular weight is 342 g/mol. The molecule has 0 unspecified atom stereocenters. The van der Waals surface area contributed by atoms with E-state index in [-0.39, 0.29) is 0 Å². The molecule has 128 valence electrons. The van der Waals surface area contributed by atoms with Crippen molar-refractivity contribution in [1.82, 2.24) is 20.2 Å². The smallest absolute Gasteiger partial charge is 0.249 e. The molecule has 0 radical (unpaired) electrons. The lowest BCUT2D eigenvalue weighted by molar-refractivity contribution is 0.981. The predicted molar refractivity (Wildman–Crippen MR) is 104 cm³/mol. The van der Waals surface area contributed by atoms with Gasteiger partial charge in [-0.1, -0.05) is 43.3 Å². The van der Waals surface area contributed by atoms with E-state index in [1.54, 1.807) is 12.4 Å². The number of hydrogen-bond acceptors (Lipinski definition) is 6. The first-order valence-corrected chi connectivity index (χ1v) is 8.49. The number of fused-ring (bicyclic) bond motifs is 1. The van der Waals surface area contributed by atoms with E-state index in [1.165, 1.54) is 5.56 Å². The van der Waals surface area contributed by atoms with Gasteiger partial charge in [-0.15, -0.1) is 5.10 Å². The monoisotopic (exact) mass is 342 g/mol. The molecule has 2 aromatic carbocycles. The van der Waals surface area contributed by atoms with Crippen LogP contribution < -0.4 is 10.6 Å². The summed E-state index contributed by atoms with van der Waals surface area (Å²) in [5.74, 6) is 1.05. The fourth-order valence-corrected chi connectivity index (χ4v) is 2.83. The topological polar surface area (TPSA) is 75.6 Å². The van der Waals surface area contributed by atoms with Crippen LogP contribution in [-0.2, 0) is 6.42 Å². The Morgan fingerprint density at radius 2 is 1.73 bits per heavy atom. The number of hydrogen-bond donors (Lipinski definition) is 2. The molecular weight excluding hydrogens is 324 g/mol. The summed E-state index contributed by atoms with van der Waals surface area (Å²) in [6, 6.07) is 18.0. The highest BCUT2D eigenvalue weighted by Crippen LogP contribution is 2.24. The molecule has 0 bridgehead atoms. The maximum atomic E-state index is 4.52. The van der Waals surface area contributed by atoms with E-state index in [4.69, 9.17) is 0 Å². The van der Waals surface area contributed by atoms with Crippen molar-refractivity contribution in [1.29, 1.82) is 0 Å². The highest BCUT2D eigenvalue weighted by molar-refractivity contribution is 5.91. The standard InChI is InChI=1S/C20H18N6/c1-2-14-7-3-4-10-16(14)23-18-13-22-26-20(25-18)24-17-11-5-8-15-9-6-12-21-19(15)17/h3-13H,2H2,1H3,(H2,23,24,25,26). The number of nitrogens with one attached hydrogen (secondary N) is 2. The van der Waals surface area contributed by atoms with Crippen molar-refractivity contribution in [2.24, 2.45) is 0 Å². The summed E-state index contributed by atoms with van der Waals surface area (Å²) in [5, 5.41) is 15.7. The van der Waals surface area contributed by atoms with Crippen molar-refractivity contribution in [2.75, 3.05) is 10.6 Å². The molecule has 0 fully saturated rings. The van der Waals surface area contributed by atoms with Crippen LogP contribution in [0.25, 0.3) is 10.9 Å². The number of aromatic nitrogens is 4. The van der Waals surface area contributed by atoms with E-state index in [1.807, 2.05) is 48.5 Å². The van der Waals surface area contributed by atoms with Gasteiger partial charge in [-0.3, -0.25) is 4.98 Å². The highest BCUT2D eigenvalue weighted by atomic mass is 15.3. The Kier molecular flexibility index (Phi) is 4.38. The summed E-state index contributed by atoms with van der Waals surface area (Å²) in [6.45, 7) is 2.12. The van der Waals surface area contributed by atoms with Gasteiger partial charge in [0.1, 0.15) is 0 Å². The summed E-state index contributed by atoms with van der Waals surface area (Å²) in [4.78, 5) is 8.96. The molecule has 0 spiro atoms. The van der Waals surface area contributed by atoms with Crippen LogP contribution in [0.1, 0.15) is 12.5 Å². The molecule has 4 aromatic rings. The number of aryl methyl sites for hydroxylation is 1. The normalized spacial score (nSPS) is 10.7. The van der Waals surface area contributed by atoms with Crippen LogP contribution in [0.5, 0.6) is 0 Å². The zero-order valence-corrected chi connectivity index (χ0v) is 14.3. The van der Waals surface area contributed by atoms with Gasteiger partial charge in [0, 0.05) is 17.3 Å². The first-order valence-electron chi connectivity index (χ1n) is 8.49. The van der Waals surface area contributed by atoms with E-state index in [0.717, 1.165) is 28.7 Å². The first-order chi connectivity index (χ1) is 12.8. The Bertz CT molecular complexity index is 1040. The molecule has 6 heteroatoms. The number of benzene rings is 2. The van der Waals surface area contributed by atoms with Gasteiger partial charge in [0.05, 0.1) is 17.4 Å². The SMILES string of the molecule is CCc1ccccc1Nc1cnnc(Nc2cccc3cccnc23)n1. The summed E-state index contributed by atoms with van der Waals surface area (Å²) in [6.07, 6.45) is 4.32. The van der Waals surface area contributed by atoms with Gasteiger partial charge in [0.25, 0.3) is 0 Å². The quantitative estimate of drug-likeness (QED) is 0.557. The molecule has 0 saturated heterocycles. The van der Waals surface area contributed by atoms with E-state index < -0.39 is 0 Å². The summed E-state index contributed by atoms with van der Waals surface area (Å²) in [7, 11) is 0. The molecule has 0 aliphatic heterocycles. The molecule has 2 aromatic heterocycles. The van der Waals surface area contributed by atoms with Gasteiger partial charge in [-0.05, 0) is 30.2 Å². The van der Waals surface area contributed by atoms with Gasteiger partial charge >= 0.3 is 0 Å². The Hall–Kier alpha value is -3.54. The van der Waals surface area contributed by atoms with Crippen LogP contribution in [0.3, 0.4) is 0 Å². The minimum atomic E-state index is 0.419. The van der Waals surface area contributed by atoms with Crippen LogP contribution in [0.15, 0.2) is 67.0 Å². The lowest BCUT2D eigenvalue weighted by atomic mass is 10.1. The first kappa shape index (κ1) is 16.0. The number of anilines is 4. The van der Waals surface area contributed by atoms with Crippen LogP contribution in [0.4, 0.5) is 23.1 Å². The Balaban J connectivity index is 1.62. The third kappa shape index (κ3) is 3.30. The highest BCUT2D eigenvalue weighted by Gasteiger charge is 2.07. The van der Waals surface area contributed by atoms with E-state index in [9.17, 15) is 0 Å². The fourth-order valence-electron chi connectivity index (χ4n) is 2.83. The fraction of sp³-hybridized carbons (Fsp3) is 0.100. The summed E-state index contributed by atoms with van der Waals surface area (Å²) < 4.78 is 0. The van der Waals surface area contributed by atoms with Gasteiger partial charge < -0.3 is 10.6 Å². The lowest BCUT2D eigenvalue weighted by Crippen LogP contribution is -2.04. The molecular formula is C20H18N6. The lowest BCUT2D eigenvalue weighted by Gasteiger charge is -2.11. The molecule has 6 nitrogen and oxygen atoms in total. The average Bonchev–Trinajstić information content (AvgIpc) is 2.69. The summed E-state index contributed by atoms with van der Waals surface area (Å²) >= 11 is 0. The molecule has 2 heterocycles. The zero-order chi connectivity index (χ0) is 17.8.